The van der Waals surface area contributed by atoms with Crippen LogP contribution >= 0.6 is 22.9 Å². The van der Waals surface area contributed by atoms with E-state index in [0.717, 1.165) is 16.4 Å². The molecule has 5 heteroatoms. The summed E-state index contributed by atoms with van der Waals surface area (Å²) in [5.74, 6) is 0.953. The Hall–Kier alpha value is -1.00. The molecule has 84 valence electrons. The van der Waals surface area contributed by atoms with Crippen molar-refractivity contribution in [2.24, 2.45) is 0 Å². The third-order valence-electron chi connectivity index (χ3n) is 2.12. The van der Waals surface area contributed by atoms with Crippen molar-refractivity contribution in [3.63, 3.8) is 0 Å². The van der Waals surface area contributed by atoms with Crippen LogP contribution in [0.4, 0.5) is 0 Å². The number of hydrogen-bond acceptors (Lipinski definition) is 4. The molecule has 0 aromatic carbocycles. The van der Waals surface area contributed by atoms with Gasteiger partial charge in [-0.1, -0.05) is 25.4 Å². The van der Waals surface area contributed by atoms with E-state index in [1.54, 1.807) is 6.07 Å². The SMILES string of the molecule is Cc1csc(-c2nc(Cl)cc(C(C)C)n2)n1. The summed E-state index contributed by atoms with van der Waals surface area (Å²) >= 11 is 7.51. The van der Waals surface area contributed by atoms with Crippen molar-refractivity contribution in [2.45, 2.75) is 26.7 Å². The summed E-state index contributed by atoms with van der Waals surface area (Å²) in [6.45, 7) is 6.11. The van der Waals surface area contributed by atoms with Gasteiger partial charge in [0.25, 0.3) is 0 Å². The minimum atomic E-state index is 0.334. The fourth-order valence-corrected chi connectivity index (χ4v) is 2.20. The van der Waals surface area contributed by atoms with E-state index in [4.69, 9.17) is 11.6 Å². The number of halogens is 1. The second-order valence-corrected chi connectivity index (χ2v) is 5.13. The molecular weight excluding hydrogens is 242 g/mol. The largest absolute Gasteiger partial charge is 0.238 e. The highest BCUT2D eigenvalue weighted by atomic mass is 35.5. The molecule has 0 N–H and O–H groups in total. The standard InChI is InChI=1S/C11H12ClN3S/c1-6(2)8-4-9(12)15-10(14-8)11-13-7(3)5-16-11/h4-6H,1-3H3. The van der Waals surface area contributed by atoms with Crippen molar-refractivity contribution >= 4 is 22.9 Å². The van der Waals surface area contributed by atoms with Crippen molar-refractivity contribution in [2.75, 3.05) is 0 Å². The van der Waals surface area contributed by atoms with E-state index in [0.29, 0.717) is 16.9 Å². The van der Waals surface area contributed by atoms with Crippen molar-refractivity contribution in [1.29, 1.82) is 0 Å². The zero-order chi connectivity index (χ0) is 11.7. The van der Waals surface area contributed by atoms with Gasteiger partial charge < -0.3 is 0 Å². The van der Waals surface area contributed by atoms with Gasteiger partial charge >= 0.3 is 0 Å². The Kier molecular flexibility index (Phi) is 3.21. The molecule has 0 radical (unpaired) electrons. The number of hydrogen-bond donors (Lipinski definition) is 0. The lowest BCUT2D eigenvalue weighted by molar-refractivity contribution is 0.816. The van der Waals surface area contributed by atoms with E-state index in [-0.39, 0.29) is 0 Å². The highest BCUT2D eigenvalue weighted by Gasteiger charge is 2.10. The molecule has 0 amide bonds. The van der Waals surface area contributed by atoms with Crippen LogP contribution in [0, 0.1) is 6.92 Å². The molecular formula is C11H12ClN3S. The Labute approximate surface area is 104 Å². The Morgan fingerprint density at radius 3 is 2.56 bits per heavy atom. The van der Waals surface area contributed by atoms with Crippen molar-refractivity contribution in [3.8, 4) is 10.8 Å². The Balaban J connectivity index is 2.49. The zero-order valence-electron chi connectivity index (χ0n) is 9.36. The van der Waals surface area contributed by atoms with Gasteiger partial charge in [0.05, 0.1) is 0 Å². The summed E-state index contributed by atoms with van der Waals surface area (Å²) in [6.07, 6.45) is 0. The van der Waals surface area contributed by atoms with Gasteiger partial charge in [0.15, 0.2) is 10.8 Å². The summed E-state index contributed by atoms with van der Waals surface area (Å²) in [5, 5.41) is 3.28. The highest BCUT2D eigenvalue weighted by molar-refractivity contribution is 7.13. The van der Waals surface area contributed by atoms with Crippen LogP contribution in [0.2, 0.25) is 5.15 Å². The van der Waals surface area contributed by atoms with Crippen LogP contribution in [0.1, 0.15) is 31.2 Å². The zero-order valence-corrected chi connectivity index (χ0v) is 10.9. The number of rotatable bonds is 2. The lowest BCUT2D eigenvalue weighted by Gasteiger charge is -2.05. The maximum absolute atomic E-state index is 5.98. The average molecular weight is 254 g/mol. The first kappa shape index (κ1) is 11.5. The van der Waals surface area contributed by atoms with E-state index >= 15 is 0 Å². The van der Waals surface area contributed by atoms with Gasteiger partial charge in [-0.25, -0.2) is 15.0 Å². The van der Waals surface area contributed by atoms with Gasteiger partial charge in [-0.3, -0.25) is 0 Å². The second-order valence-electron chi connectivity index (χ2n) is 3.89. The summed E-state index contributed by atoms with van der Waals surface area (Å²) in [7, 11) is 0. The molecule has 0 atom stereocenters. The Morgan fingerprint density at radius 2 is 2.00 bits per heavy atom. The van der Waals surface area contributed by atoms with Crippen molar-refractivity contribution in [3.05, 3.63) is 28.0 Å². The van der Waals surface area contributed by atoms with Crippen LogP contribution in [-0.4, -0.2) is 15.0 Å². The van der Waals surface area contributed by atoms with Crippen LogP contribution in [0.3, 0.4) is 0 Å². The van der Waals surface area contributed by atoms with E-state index in [1.165, 1.54) is 11.3 Å². The molecule has 0 aliphatic rings. The molecule has 2 rings (SSSR count). The molecule has 2 aromatic rings. The van der Waals surface area contributed by atoms with Crippen LogP contribution < -0.4 is 0 Å². The first-order valence-corrected chi connectivity index (χ1v) is 6.29. The first-order chi connectivity index (χ1) is 7.56. The Morgan fingerprint density at radius 1 is 1.25 bits per heavy atom. The van der Waals surface area contributed by atoms with Gasteiger partial charge in [0.1, 0.15) is 5.15 Å². The molecule has 0 bridgehead atoms. The smallest absolute Gasteiger partial charge is 0.190 e. The monoisotopic (exact) mass is 253 g/mol. The first-order valence-electron chi connectivity index (χ1n) is 5.03. The maximum atomic E-state index is 5.98. The Bertz CT molecular complexity index is 508. The normalized spacial score (nSPS) is 11.1. The average Bonchev–Trinajstić information content (AvgIpc) is 2.64. The molecule has 0 spiro atoms. The molecule has 0 fully saturated rings. The molecule has 0 aliphatic heterocycles. The number of nitrogens with zero attached hydrogens (tertiary/aromatic N) is 3. The number of aromatic nitrogens is 3. The van der Waals surface area contributed by atoms with E-state index in [9.17, 15) is 0 Å². The number of aryl methyl sites for hydroxylation is 1. The predicted octanol–water partition coefficient (Wildman–Crippen LogP) is 3.69. The molecule has 16 heavy (non-hydrogen) atoms. The van der Waals surface area contributed by atoms with Gasteiger partial charge in [-0.05, 0) is 18.9 Å². The quantitative estimate of drug-likeness (QED) is 0.767. The van der Waals surface area contributed by atoms with Gasteiger partial charge in [0.2, 0.25) is 0 Å². The van der Waals surface area contributed by atoms with Gasteiger partial charge in [0, 0.05) is 16.8 Å². The lowest BCUT2D eigenvalue weighted by atomic mass is 10.1. The summed E-state index contributed by atoms with van der Waals surface area (Å²) in [5.41, 5.74) is 1.93. The van der Waals surface area contributed by atoms with Crippen molar-refractivity contribution in [1.82, 2.24) is 15.0 Å². The van der Waals surface area contributed by atoms with Crippen molar-refractivity contribution < 1.29 is 0 Å². The molecule has 2 aromatic heterocycles. The minimum absolute atomic E-state index is 0.334. The fourth-order valence-electron chi connectivity index (χ4n) is 1.28. The molecule has 2 heterocycles. The topological polar surface area (TPSA) is 38.7 Å². The van der Waals surface area contributed by atoms with Gasteiger partial charge in [-0.15, -0.1) is 11.3 Å². The van der Waals surface area contributed by atoms with Crippen LogP contribution in [0.5, 0.6) is 0 Å². The fraction of sp³-hybridized carbons (Fsp3) is 0.364. The maximum Gasteiger partial charge on any atom is 0.190 e. The third kappa shape index (κ3) is 2.39. The lowest BCUT2D eigenvalue weighted by Crippen LogP contribution is -1.97. The van der Waals surface area contributed by atoms with E-state index in [2.05, 4.69) is 28.8 Å². The molecule has 0 saturated carbocycles. The van der Waals surface area contributed by atoms with Crippen LogP contribution in [0.15, 0.2) is 11.4 Å². The highest BCUT2D eigenvalue weighted by Crippen LogP contribution is 2.24. The summed E-state index contributed by atoms with van der Waals surface area (Å²) in [4.78, 5) is 13.0. The van der Waals surface area contributed by atoms with Gasteiger partial charge in [-0.2, -0.15) is 0 Å². The second kappa shape index (κ2) is 4.47. The number of thiazole rings is 1. The van der Waals surface area contributed by atoms with Crippen LogP contribution in [0.25, 0.3) is 10.8 Å². The molecule has 3 nitrogen and oxygen atoms in total. The molecule has 0 aliphatic carbocycles. The predicted molar refractivity (Wildman–Crippen MR) is 67.0 cm³/mol. The molecule has 0 unspecified atom stereocenters. The minimum Gasteiger partial charge on any atom is -0.238 e. The van der Waals surface area contributed by atoms with E-state index in [1.807, 2.05) is 12.3 Å². The summed E-state index contributed by atoms with van der Waals surface area (Å²) < 4.78 is 0. The van der Waals surface area contributed by atoms with E-state index < -0.39 is 0 Å². The third-order valence-corrected chi connectivity index (χ3v) is 3.27. The van der Waals surface area contributed by atoms with Crippen LogP contribution in [-0.2, 0) is 0 Å². The molecule has 0 saturated heterocycles. The summed E-state index contributed by atoms with van der Waals surface area (Å²) in [6, 6.07) is 1.80.